The van der Waals surface area contributed by atoms with Crippen molar-refractivity contribution in [1.82, 2.24) is 10.3 Å². The van der Waals surface area contributed by atoms with Gasteiger partial charge in [0.1, 0.15) is 11.5 Å². The fraction of sp³-hybridized carbons (Fsp3) is 0.240. The molecule has 4 aromatic rings. The van der Waals surface area contributed by atoms with Crippen LogP contribution < -0.4 is 14.8 Å². The highest BCUT2D eigenvalue weighted by atomic mass is 32.2. The van der Waals surface area contributed by atoms with E-state index in [-0.39, 0.29) is 15.9 Å². The number of halogens is 3. The van der Waals surface area contributed by atoms with Gasteiger partial charge in [-0.3, -0.25) is 4.72 Å². The van der Waals surface area contributed by atoms with Gasteiger partial charge >= 0.3 is 6.18 Å². The maximum atomic E-state index is 13.4. The van der Waals surface area contributed by atoms with Crippen LogP contribution in [0.5, 0.6) is 11.5 Å². The van der Waals surface area contributed by atoms with Crippen molar-refractivity contribution in [1.29, 1.82) is 0 Å². The normalized spacial score (nSPS) is 15.2. The Kier molecular flexibility index (Phi) is 6.62. The number of alkyl halides is 3. The maximum Gasteiger partial charge on any atom is 0.416 e. The van der Waals surface area contributed by atoms with Crippen molar-refractivity contribution in [3.63, 3.8) is 0 Å². The monoisotopic (exact) mass is 533 g/mol. The maximum absolute atomic E-state index is 13.4. The molecule has 0 radical (unpaired) electrons. The standard InChI is InChI=1S/C25H22F3N3O3S2/c26-25(27,28)18-4-7-23(21(15-18)16-8-10-29-11-9-16)34-22-3-1-2-17-14-19(5-6-20(17)22)36(32,33)31-24-30-12-13-35-24/h1-7,12-16,29H,8-11H2,(H,30,31). The number of hydrogen-bond acceptors (Lipinski definition) is 6. The minimum atomic E-state index is -4.45. The van der Waals surface area contributed by atoms with Crippen molar-refractivity contribution in [3.8, 4) is 11.5 Å². The molecule has 0 saturated carbocycles. The number of benzene rings is 3. The largest absolute Gasteiger partial charge is 0.456 e. The van der Waals surface area contributed by atoms with Crippen LogP contribution in [-0.2, 0) is 16.2 Å². The van der Waals surface area contributed by atoms with Crippen LogP contribution in [0.2, 0.25) is 0 Å². The molecular weight excluding hydrogens is 511 g/mol. The van der Waals surface area contributed by atoms with Crippen LogP contribution in [0.25, 0.3) is 10.8 Å². The van der Waals surface area contributed by atoms with Crippen LogP contribution in [0.4, 0.5) is 18.3 Å². The van der Waals surface area contributed by atoms with Gasteiger partial charge in [-0.05, 0) is 85.3 Å². The Labute approximate surface area is 210 Å². The van der Waals surface area contributed by atoms with Crippen LogP contribution in [0.1, 0.15) is 29.9 Å². The molecule has 2 heterocycles. The second-order valence-electron chi connectivity index (χ2n) is 8.46. The lowest BCUT2D eigenvalue weighted by molar-refractivity contribution is -0.137. The first kappa shape index (κ1) is 24.5. The number of nitrogens with one attached hydrogen (secondary N) is 2. The van der Waals surface area contributed by atoms with Crippen molar-refractivity contribution in [2.75, 3.05) is 17.8 Å². The van der Waals surface area contributed by atoms with E-state index in [9.17, 15) is 21.6 Å². The van der Waals surface area contributed by atoms with Gasteiger partial charge in [0, 0.05) is 17.0 Å². The lowest BCUT2D eigenvalue weighted by Gasteiger charge is -2.26. The van der Waals surface area contributed by atoms with Gasteiger partial charge in [-0.25, -0.2) is 13.4 Å². The number of aromatic nitrogens is 1. The summed E-state index contributed by atoms with van der Waals surface area (Å²) in [6, 6.07) is 13.4. The van der Waals surface area contributed by atoms with E-state index in [1.165, 1.54) is 41.8 Å². The Hall–Kier alpha value is -3.15. The highest BCUT2D eigenvalue weighted by Gasteiger charge is 2.32. The van der Waals surface area contributed by atoms with E-state index >= 15 is 0 Å². The van der Waals surface area contributed by atoms with Gasteiger partial charge in [-0.2, -0.15) is 13.2 Å². The Morgan fingerprint density at radius 1 is 1.03 bits per heavy atom. The van der Waals surface area contributed by atoms with E-state index in [0.717, 1.165) is 19.2 Å². The van der Waals surface area contributed by atoms with Crippen molar-refractivity contribution in [2.24, 2.45) is 0 Å². The fourth-order valence-corrected chi connectivity index (χ4v) is 6.15. The number of hydrogen-bond donors (Lipinski definition) is 2. The lowest BCUT2D eigenvalue weighted by atomic mass is 9.88. The molecule has 1 aliphatic heterocycles. The molecule has 1 aliphatic rings. The zero-order valence-electron chi connectivity index (χ0n) is 18.9. The minimum absolute atomic E-state index is 0.0623. The smallest absolute Gasteiger partial charge is 0.416 e. The van der Waals surface area contributed by atoms with Gasteiger partial charge in [0.15, 0.2) is 5.13 Å². The zero-order chi connectivity index (χ0) is 25.3. The third kappa shape index (κ3) is 5.18. The van der Waals surface area contributed by atoms with Gasteiger partial charge < -0.3 is 10.1 Å². The molecule has 1 saturated heterocycles. The van der Waals surface area contributed by atoms with Crippen molar-refractivity contribution in [3.05, 3.63) is 77.3 Å². The molecule has 6 nitrogen and oxygen atoms in total. The van der Waals surface area contributed by atoms with E-state index in [2.05, 4.69) is 15.0 Å². The molecule has 3 aromatic carbocycles. The summed E-state index contributed by atoms with van der Waals surface area (Å²) in [5, 5.41) is 6.42. The summed E-state index contributed by atoms with van der Waals surface area (Å²) in [6.45, 7) is 1.45. The molecule has 0 spiro atoms. The van der Waals surface area contributed by atoms with Gasteiger partial charge in [-0.1, -0.05) is 12.1 Å². The van der Waals surface area contributed by atoms with Crippen molar-refractivity contribution >= 4 is 37.3 Å². The third-order valence-electron chi connectivity index (χ3n) is 6.11. The second-order valence-corrected chi connectivity index (χ2v) is 11.0. The molecule has 0 bridgehead atoms. The van der Waals surface area contributed by atoms with E-state index in [1.807, 2.05) is 0 Å². The Balaban J connectivity index is 1.50. The zero-order valence-corrected chi connectivity index (χ0v) is 20.5. The van der Waals surface area contributed by atoms with Gasteiger partial charge in [-0.15, -0.1) is 11.3 Å². The van der Waals surface area contributed by atoms with Crippen LogP contribution >= 0.6 is 11.3 Å². The molecule has 0 amide bonds. The molecule has 0 atom stereocenters. The quantitative estimate of drug-likeness (QED) is 0.301. The summed E-state index contributed by atoms with van der Waals surface area (Å²) in [6.07, 6.45) is -1.53. The van der Waals surface area contributed by atoms with E-state index in [1.54, 1.807) is 29.6 Å². The number of anilines is 1. The Morgan fingerprint density at radius 3 is 2.56 bits per heavy atom. The van der Waals surface area contributed by atoms with Crippen LogP contribution in [0.3, 0.4) is 0 Å². The van der Waals surface area contributed by atoms with Gasteiger partial charge in [0.05, 0.1) is 10.5 Å². The Bertz CT molecular complexity index is 1480. The summed E-state index contributed by atoms with van der Waals surface area (Å²) in [4.78, 5) is 4.01. The molecule has 1 aromatic heterocycles. The topological polar surface area (TPSA) is 80.3 Å². The van der Waals surface area contributed by atoms with Crippen molar-refractivity contribution < 1.29 is 26.3 Å². The number of nitrogens with zero attached hydrogens (tertiary/aromatic N) is 1. The van der Waals surface area contributed by atoms with Gasteiger partial charge in [0.25, 0.3) is 10.0 Å². The average Bonchev–Trinajstić information content (AvgIpc) is 3.36. The third-order valence-corrected chi connectivity index (χ3v) is 8.27. The van der Waals surface area contributed by atoms with Crippen LogP contribution in [0, 0.1) is 0 Å². The number of thiazole rings is 1. The highest BCUT2D eigenvalue weighted by Crippen LogP contribution is 2.41. The van der Waals surface area contributed by atoms with Crippen LogP contribution in [0.15, 0.2) is 71.1 Å². The summed E-state index contributed by atoms with van der Waals surface area (Å²) in [5.41, 5.74) is -0.181. The minimum Gasteiger partial charge on any atom is -0.456 e. The fourth-order valence-electron chi connectivity index (χ4n) is 4.32. The summed E-state index contributed by atoms with van der Waals surface area (Å²) in [7, 11) is -3.84. The highest BCUT2D eigenvalue weighted by molar-refractivity contribution is 7.93. The Morgan fingerprint density at radius 2 is 1.83 bits per heavy atom. The van der Waals surface area contributed by atoms with Crippen molar-refractivity contribution in [2.45, 2.75) is 29.8 Å². The first-order valence-corrected chi connectivity index (χ1v) is 13.6. The number of fused-ring (bicyclic) bond motifs is 1. The molecule has 188 valence electrons. The van der Waals surface area contributed by atoms with E-state index in [0.29, 0.717) is 40.7 Å². The summed E-state index contributed by atoms with van der Waals surface area (Å²) in [5.74, 6) is 0.732. The molecule has 5 rings (SSSR count). The molecular formula is C25H22F3N3O3S2. The first-order chi connectivity index (χ1) is 17.2. The summed E-state index contributed by atoms with van der Waals surface area (Å²) >= 11 is 1.17. The number of rotatable bonds is 6. The predicted octanol–water partition coefficient (Wildman–Crippen LogP) is 6.38. The predicted molar refractivity (Wildman–Crippen MR) is 133 cm³/mol. The van der Waals surface area contributed by atoms with E-state index < -0.39 is 21.8 Å². The molecule has 0 aliphatic carbocycles. The summed E-state index contributed by atoms with van der Waals surface area (Å²) < 4.78 is 74.5. The number of sulfonamides is 1. The molecule has 0 unspecified atom stereocenters. The lowest BCUT2D eigenvalue weighted by Crippen LogP contribution is -2.27. The second kappa shape index (κ2) is 9.72. The molecule has 36 heavy (non-hydrogen) atoms. The van der Waals surface area contributed by atoms with Gasteiger partial charge in [0.2, 0.25) is 0 Å². The van der Waals surface area contributed by atoms with E-state index in [4.69, 9.17) is 4.74 Å². The number of ether oxygens (including phenoxy) is 1. The number of piperidine rings is 1. The molecule has 11 heteroatoms. The average molecular weight is 534 g/mol. The molecule has 1 fully saturated rings. The first-order valence-electron chi connectivity index (χ1n) is 11.3. The molecule has 2 N–H and O–H groups in total. The SMILES string of the molecule is O=S(=O)(Nc1nccs1)c1ccc2c(Oc3ccc(C(F)(F)F)cc3C3CCNCC3)cccc2c1. The van der Waals surface area contributed by atoms with Crippen LogP contribution in [-0.4, -0.2) is 26.5 Å².